The largest absolute Gasteiger partial charge is 0.324 e. The van der Waals surface area contributed by atoms with Crippen LogP contribution >= 0.6 is 0 Å². The summed E-state index contributed by atoms with van der Waals surface area (Å²) >= 11 is 0. The number of aryl methyl sites for hydroxylation is 1. The highest BCUT2D eigenvalue weighted by molar-refractivity contribution is 6.10. The Balaban J connectivity index is 1.73. The van der Waals surface area contributed by atoms with Gasteiger partial charge in [-0.15, -0.1) is 0 Å². The first-order chi connectivity index (χ1) is 11.0. The van der Waals surface area contributed by atoms with Gasteiger partial charge in [-0.2, -0.15) is 0 Å². The molecule has 23 heavy (non-hydrogen) atoms. The maximum atomic E-state index is 12.5. The van der Waals surface area contributed by atoms with Crippen molar-refractivity contribution in [1.82, 2.24) is 4.90 Å². The lowest BCUT2D eigenvalue weighted by Gasteiger charge is -2.22. The zero-order valence-corrected chi connectivity index (χ0v) is 13.3. The second kappa shape index (κ2) is 5.99. The molecule has 3 atom stereocenters. The Morgan fingerprint density at radius 3 is 2.13 bits per heavy atom. The fraction of sp³-hybridized carbons (Fsp3) is 0.389. The smallest absolute Gasteiger partial charge is 0.247 e. The van der Waals surface area contributed by atoms with Gasteiger partial charge < -0.3 is 5.32 Å². The van der Waals surface area contributed by atoms with Crippen LogP contribution in [0.2, 0.25) is 0 Å². The van der Waals surface area contributed by atoms with Crippen molar-refractivity contribution < 1.29 is 14.4 Å². The fourth-order valence-electron chi connectivity index (χ4n) is 3.21. The highest BCUT2D eigenvalue weighted by Crippen LogP contribution is 2.36. The van der Waals surface area contributed by atoms with Gasteiger partial charge in [-0.05, 0) is 38.8 Å². The van der Waals surface area contributed by atoms with E-state index in [4.69, 9.17) is 0 Å². The molecule has 1 aliphatic heterocycles. The Labute approximate surface area is 135 Å². The standard InChI is InChI=1S/C18H20N2O3/c1-11-7-9-13(10-8-11)19-16(21)12(2)20-17(22)14-5-3-4-6-15(14)18(20)23/h3-4,7-10,12,14-15H,5-6H2,1-2H3,(H,19,21)/t12-,14-,15-/m0/s1. The molecule has 1 saturated heterocycles. The summed E-state index contributed by atoms with van der Waals surface area (Å²) in [5, 5.41) is 2.77. The lowest BCUT2D eigenvalue weighted by atomic mass is 9.85. The third kappa shape index (κ3) is 2.79. The number of benzene rings is 1. The molecule has 3 rings (SSSR count). The molecule has 3 amide bonds. The van der Waals surface area contributed by atoms with Gasteiger partial charge in [-0.1, -0.05) is 29.8 Å². The Bertz CT molecular complexity index is 652. The monoisotopic (exact) mass is 312 g/mol. The van der Waals surface area contributed by atoms with Crippen LogP contribution in [-0.4, -0.2) is 28.7 Å². The van der Waals surface area contributed by atoms with Crippen molar-refractivity contribution in [3.63, 3.8) is 0 Å². The van der Waals surface area contributed by atoms with Crippen molar-refractivity contribution in [3.05, 3.63) is 42.0 Å². The van der Waals surface area contributed by atoms with Gasteiger partial charge in [-0.25, -0.2) is 0 Å². The molecule has 0 saturated carbocycles. The lowest BCUT2D eigenvalue weighted by molar-refractivity contribution is -0.146. The molecule has 0 unspecified atom stereocenters. The van der Waals surface area contributed by atoms with Crippen LogP contribution in [0.1, 0.15) is 25.3 Å². The summed E-state index contributed by atoms with van der Waals surface area (Å²) in [4.78, 5) is 38.5. The van der Waals surface area contributed by atoms with Crippen LogP contribution < -0.4 is 5.32 Å². The number of carbonyl (C=O) groups excluding carboxylic acids is 3. The van der Waals surface area contributed by atoms with E-state index in [0.29, 0.717) is 18.5 Å². The summed E-state index contributed by atoms with van der Waals surface area (Å²) in [7, 11) is 0. The Hall–Kier alpha value is -2.43. The van der Waals surface area contributed by atoms with Crippen LogP contribution in [0.25, 0.3) is 0 Å². The first-order valence-corrected chi connectivity index (χ1v) is 7.88. The van der Waals surface area contributed by atoms with Crippen molar-refractivity contribution in [2.24, 2.45) is 11.8 Å². The maximum Gasteiger partial charge on any atom is 0.247 e. The van der Waals surface area contributed by atoms with E-state index in [1.54, 1.807) is 19.1 Å². The minimum atomic E-state index is -0.804. The molecule has 5 heteroatoms. The zero-order chi connectivity index (χ0) is 16.6. The molecule has 1 fully saturated rings. The van der Waals surface area contributed by atoms with Gasteiger partial charge >= 0.3 is 0 Å². The van der Waals surface area contributed by atoms with E-state index < -0.39 is 6.04 Å². The molecule has 1 aliphatic carbocycles. The average Bonchev–Trinajstić information content (AvgIpc) is 2.81. The molecule has 0 radical (unpaired) electrons. The van der Waals surface area contributed by atoms with Gasteiger partial charge in [0, 0.05) is 5.69 Å². The predicted octanol–water partition coefficient (Wildman–Crippen LogP) is 2.27. The summed E-state index contributed by atoms with van der Waals surface area (Å²) in [6.45, 7) is 3.57. The van der Waals surface area contributed by atoms with E-state index in [9.17, 15) is 14.4 Å². The molecule has 1 N–H and O–H groups in total. The predicted molar refractivity (Wildman–Crippen MR) is 86.5 cm³/mol. The molecular weight excluding hydrogens is 292 g/mol. The second-order valence-electron chi connectivity index (χ2n) is 6.23. The van der Waals surface area contributed by atoms with Crippen LogP contribution in [0.15, 0.2) is 36.4 Å². The number of hydrogen-bond donors (Lipinski definition) is 1. The Morgan fingerprint density at radius 1 is 1.09 bits per heavy atom. The SMILES string of the molecule is Cc1ccc(NC(=O)[C@H](C)N2C(=O)[C@H]3CC=CC[C@@H]3C2=O)cc1. The van der Waals surface area contributed by atoms with E-state index >= 15 is 0 Å². The van der Waals surface area contributed by atoms with Crippen molar-refractivity contribution in [2.45, 2.75) is 32.7 Å². The van der Waals surface area contributed by atoms with Crippen LogP contribution in [-0.2, 0) is 14.4 Å². The number of carbonyl (C=O) groups is 3. The van der Waals surface area contributed by atoms with Gasteiger partial charge in [0.25, 0.3) is 0 Å². The molecule has 120 valence electrons. The van der Waals surface area contributed by atoms with Crippen molar-refractivity contribution in [2.75, 3.05) is 5.32 Å². The van der Waals surface area contributed by atoms with Gasteiger partial charge in [0.15, 0.2) is 0 Å². The topological polar surface area (TPSA) is 66.5 Å². The third-order valence-corrected chi connectivity index (χ3v) is 4.63. The highest BCUT2D eigenvalue weighted by atomic mass is 16.2. The minimum Gasteiger partial charge on any atom is -0.324 e. The maximum absolute atomic E-state index is 12.5. The number of amides is 3. The molecule has 0 spiro atoms. The molecule has 0 bridgehead atoms. The minimum absolute atomic E-state index is 0.226. The van der Waals surface area contributed by atoms with Gasteiger partial charge in [0.1, 0.15) is 6.04 Å². The van der Waals surface area contributed by atoms with E-state index in [2.05, 4.69) is 5.32 Å². The molecule has 1 aromatic rings. The molecular formula is C18H20N2O3. The van der Waals surface area contributed by atoms with Crippen LogP contribution in [0.4, 0.5) is 5.69 Å². The zero-order valence-electron chi connectivity index (χ0n) is 13.3. The van der Waals surface area contributed by atoms with Gasteiger partial charge in [-0.3, -0.25) is 19.3 Å². The summed E-state index contributed by atoms with van der Waals surface area (Å²) in [5.74, 6) is -1.40. The first kappa shape index (κ1) is 15.5. The summed E-state index contributed by atoms with van der Waals surface area (Å²) in [6, 6.07) is 6.59. The fourth-order valence-corrected chi connectivity index (χ4v) is 3.21. The number of anilines is 1. The number of fused-ring (bicyclic) bond motifs is 1. The van der Waals surface area contributed by atoms with Crippen LogP contribution in [0.5, 0.6) is 0 Å². The van der Waals surface area contributed by atoms with Crippen molar-refractivity contribution in [1.29, 1.82) is 0 Å². The number of nitrogens with zero attached hydrogens (tertiary/aromatic N) is 1. The Morgan fingerprint density at radius 2 is 1.61 bits per heavy atom. The number of likely N-dealkylation sites (tertiary alicyclic amines) is 1. The van der Waals surface area contributed by atoms with Crippen LogP contribution in [0, 0.1) is 18.8 Å². The Kier molecular flexibility index (Phi) is 4.03. The summed E-state index contributed by atoms with van der Waals surface area (Å²) in [6.07, 6.45) is 5.04. The second-order valence-corrected chi connectivity index (χ2v) is 6.23. The molecule has 1 aromatic carbocycles. The van der Waals surface area contributed by atoms with Crippen LogP contribution in [0.3, 0.4) is 0 Å². The molecule has 0 aromatic heterocycles. The molecule has 2 aliphatic rings. The van der Waals surface area contributed by atoms with E-state index in [1.165, 1.54) is 0 Å². The summed E-state index contributed by atoms with van der Waals surface area (Å²) < 4.78 is 0. The number of rotatable bonds is 3. The number of allylic oxidation sites excluding steroid dienone is 2. The molecule has 1 heterocycles. The average molecular weight is 312 g/mol. The number of imide groups is 1. The number of hydrogen-bond acceptors (Lipinski definition) is 3. The molecule has 5 nitrogen and oxygen atoms in total. The van der Waals surface area contributed by atoms with Gasteiger partial charge in [0.05, 0.1) is 11.8 Å². The summed E-state index contributed by atoms with van der Waals surface area (Å²) in [5.41, 5.74) is 1.75. The van der Waals surface area contributed by atoms with Crippen molar-refractivity contribution in [3.8, 4) is 0 Å². The quantitative estimate of drug-likeness (QED) is 0.688. The lowest BCUT2D eigenvalue weighted by Crippen LogP contribution is -2.46. The van der Waals surface area contributed by atoms with Gasteiger partial charge in [0.2, 0.25) is 17.7 Å². The number of nitrogens with one attached hydrogen (secondary N) is 1. The van der Waals surface area contributed by atoms with E-state index in [-0.39, 0.29) is 29.6 Å². The third-order valence-electron chi connectivity index (χ3n) is 4.63. The van der Waals surface area contributed by atoms with E-state index in [1.807, 2.05) is 31.2 Å². The van der Waals surface area contributed by atoms with Crippen molar-refractivity contribution >= 4 is 23.4 Å². The normalized spacial score (nSPS) is 24.5. The highest BCUT2D eigenvalue weighted by Gasteiger charge is 2.50. The first-order valence-electron chi connectivity index (χ1n) is 7.88. The van der Waals surface area contributed by atoms with E-state index in [0.717, 1.165) is 10.5 Å².